The second-order valence-electron chi connectivity index (χ2n) is 7.31. The molecule has 0 aliphatic rings. The Balaban J connectivity index is 2.04. The van der Waals surface area contributed by atoms with E-state index >= 15 is 0 Å². The fourth-order valence-corrected chi connectivity index (χ4v) is 3.57. The summed E-state index contributed by atoms with van der Waals surface area (Å²) in [4.78, 5) is 26.4. The lowest BCUT2D eigenvalue weighted by atomic mass is 9.97. The number of carbonyl (C=O) groups excluding carboxylic acids is 2. The van der Waals surface area contributed by atoms with E-state index in [1.54, 1.807) is 67.6 Å². The maximum absolute atomic E-state index is 13.6. The predicted octanol–water partition coefficient (Wildman–Crippen LogP) is 5.97. The van der Waals surface area contributed by atoms with Crippen LogP contribution in [0.25, 0.3) is 16.9 Å². The van der Waals surface area contributed by atoms with Crippen molar-refractivity contribution < 1.29 is 27.5 Å². The largest absolute Gasteiger partial charge is 0.461 e. The smallest absolute Gasteiger partial charge is 0.416 e. The quantitative estimate of drug-likeness (QED) is 0.261. The zero-order valence-corrected chi connectivity index (χ0v) is 18.0. The molecular formula is C26H19F3N2O3. The number of ketones is 1. The van der Waals surface area contributed by atoms with Gasteiger partial charge in [-0.3, -0.25) is 4.79 Å². The van der Waals surface area contributed by atoms with Crippen molar-refractivity contribution in [1.82, 2.24) is 9.78 Å². The number of benzene rings is 3. The average molecular weight is 464 g/mol. The summed E-state index contributed by atoms with van der Waals surface area (Å²) in [5, 5.41) is 4.30. The predicted molar refractivity (Wildman–Crippen MR) is 120 cm³/mol. The highest BCUT2D eigenvalue weighted by Gasteiger charge is 2.33. The van der Waals surface area contributed by atoms with Crippen LogP contribution in [0.4, 0.5) is 13.2 Å². The Kier molecular flexibility index (Phi) is 6.32. The molecule has 0 fully saturated rings. The number of hydrogen-bond donors (Lipinski definition) is 0. The first-order valence-corrected chi connectivity index (χ1v) is 10.4. The molecule has 0 radical (unpaired) electrons. The lowest BCUT2D eigenvalue weighted by Gasteiger charge is -2.12. The number of rotatable bonds is 6. The van der Waals surface area contributed by atoms with Crippen LogP contribution < -0.4 is 0 Å². The maximum atomic E-state index is 13.6. The highest BCUT2D eigenvalue weighted by atomic mass is 19.4. The van der Waals surface area contributed by atoms with E-state index in [4.69, 9.17) is 4.74 Å². The van der Waals surface area contributed by atoms with Crippen molar-refractivity contribution in [2.24, 2.45) is 0 Å². The van der Waals surface area contributed by atoms with E-state index in [0.717, 1.165) is 12.1 Å². The molecule has 0 saturated carbocycles. The number of ether oxygens (including phenoxy) is 1. The van der Waals surface area contributed by atoms with Crippen LogP contribution in [0.2, 0.25) is 0 Å². The second kappa shape index (κ2) is 9.35. The van der Waals surface area contributed by atoms with Gasteiger partial charge in [0.25, 0.3) is 0 Å². The Morgan fingerprint density at radius 1 is 0.912 bits per heavy atom. The number of halogens is 3. The third-order valence-corrected chi connectivity index (χ3v) is 5.08. The van der Waals surface area contributed by atoms with Crippen molar-refractivity contribution in [2.45, 2.75) is 13.1 Å². The maximum Gasteiger partial charge on any atom is 0.416 e. The average Bonchev–Trinajstić information content (AvgIpc) is 3.25. The van der Waals surface area contributed by atoms with Gasteiger partial charge < -0.3 is 4.74 Å². The Hall–Kier alpha value is -4.20. The third-order valence-electron chi connectivity index (χ3n) is 5.08. The normalized spacial score (nSPS) is 11.3. The molecule has 0 unspecified atom stereocenters. The van der Waals surface area contributed by atoms with Gasteiger partial charge in [-0.05, 0) is 25.1 Å². The molecule has 4 aromatic rings. The molecule has 0 spiro atoms. The van der Waals surface area contributed by atoms with E-state index in [2.05, 4.69) is 5.10 Å². The fourth-order valence-electron chi connectivity index (χ4n) is 3.57. The van der Waals surface area contributed by atoms with Gasteiger partial charge in [-0.2, -0.15) is 18.3 Å². The van der Waals surface area contributed by atoms with Crippen LogP contribution in [0, 0.1) is 0 Å². The highest BCUT2D eigenvalue weighted by Crippen LogP contribution is 2.34. The summed E-state index contributed by atoms with van der Waals surface area (Å²) in [6, 6.07) is 21.4. The van der Waals surface area contributed by atoms with Crippen LogP contribution in [0.15, 0.2) is 84.9 Å². The molecule has 1 aromatic heterocycles. The molecule has 0 amide bonds. The van der Waals surface area contributed by atoms with Gasteiger partial charge in [0.1, 0.15) is 0 Å². The zero-order chi connectivity index (χ0) is 24.3. The number of aromatic nitrogens is 2. The van der Waals surface area contributed by atoms with Crippen molar-refractivity contribution in [3.63, 3.8) is 0 Å². The Bertz CT molecular complexity index is 1330. The van der Waals surface area contributed by atoms with Crippen molar-refractivity contribution in [3.05, 3.63) is 107 Å². The molecule has 0 saturated heterocycles. The van der Waals surface area contributed by atoms with Crippen LogP contribution in [0.1, 0.15) is 38.9 Å². The summed E-state index contributed by atoms with van der Waals surface area (Å²) < 4.78 is 46.5. The van der Waals surface area contributed by atoms with E-state index < -0.39 is 23.5 Å². The van der Waals surface area contributed by atoms with E-state index in [9.17, 15) is 22.8 Å². The Morgan fingerprint density at radius 3 is 2.18 bits per heavy atom. The topological polar surface area (TPSA) is 61.2 Å². The molecule has 8 heteroatoms. The standard InChI is InChI=1S/C26H19F3N2O3/c1-2-34-25(33)22-21(24(32)18-12-7-4-8-13-18)23(17-10-5-3-6-11-17)31(30-22)20-15-9-14-19(16-20)26(27,28)29/h3-16H,2H2,1H3. The van der Waals surface area contributed by atoms with Crippen molar-refractivity contribution >= 4 is 11.8 Å². The molecule has 1 heterocycles. The monoisotopic (exact) mass is 464 g/mol. The summed E-state index contributed by atoms with van der Waals surface area (Å²) >= 11 is 0. The molecule has 172 valence electrons. The zero-order valence-electron chi connectivity index (χ0n) is 18.0. The lowest BCUT2D eigenvalue weighted by Crippen LogP contribution is -2.12. The lowest BCUT2D eigenvalue weighted by molar-refractivity contribution is -0.137. The number of esters is 1. The molecule has 4 rings (SSSR count). The fraction of sp³-hybridized carbons (Fsp3) is 0.115. The second-order valence-corrected chi connectivity index (χ2v) is 7.31. The minimum absolute atomic E-state index is 0.0366. The van der Waals surface area contributed by atoms with E-state index in [-0.39, 0.29) is 29.2 Å². The van der Waals surface area contributed by atoms with Crippen LogP contribution in [0.3, 0.4) is 0 Å². The van der Waals surface area contributed by atoms with Crippen molar-refractivity contribution in [2.75, 3.05) is 6.61 Å². The first-order valence-electron chi connectivity index (χ1n) is 10.4. The van der Waals surface area contributed by atoms with Crippen LogP contribution in [0.5, 0.6) is 0 Å². The van der Waals surface area contributed by atoms with Gasteiger partial charge in [0.2, 0.25) is 0 Å². The summed E-state index contributed by atoms with van der Waals surface area (Å²) in [6.45, 7) is 1.65. The van der Waals surface area contributed by atoms with E-state index in [1.165, 1.54) is 16.8 Å². The van der Waals surface area contributed by atoms with Gasteiger partial charge in [-0.25, -0.2) is 9.48 Å². The highest BCUT2D eigenvalue weighted by molar-refractivity contribution is 6.17. The van der Waals surface area contributed by atoms with Crippen molar-refractivity contribution in [1.29, 1.82) is 0 Å². The molecule has 0 atom stereocenters. The van der Waals surface area contributed by atoms with Gasteiger partial charge in [0.15, 0.2) is 11.5 Å². The number of nitrogens with zero attached hydrogens (tertiary/aromatic N) is 2. The summed E-state index contributed by atoms with van der Waals surface area (Å²) in [6.07, 6.45) is -4.58. The Labute approximate surface area is 193 Å². The molecular weight excluding hydrogens is 445 g/mol. The van der Waals surface area contributed by atoms with Gasteiger partial charge in [0.05, 0.1) is 29.1 Å². The summed E-state index contributed by atoms with van der Waals surface area (Å²) in [5.74, 6) is -1.34. The molecule has 0 N–H and O–H groups in total. The molecule has 0 aliphatic heterocycles. The van der Waals surface area contributed by atoms with Gasteiger partial charge in [-0.1, -0.05) is 66.7 Å². The van der Waals surface area contributed by atoms with E-state index in [1.807, 2.05) is 0 Å². The number of alkyl halides is 3. The molecule has 34 heavy (non-hydrogen) atoms. The van der Waals surface area contributed by atoms with Crippen LogP contribution >= 0.6 is 0 Å². The first kappa shape index (κ1) is 23.0. The SMILES string of the molecule is CCOC(=O)c1nn(-c2cccc(C(F)(F)F)c2)c(-c2ccccc2)c1C(=O)c1ccccc1. The minimum atomic E-state index is -4.58. The first-order chi connectivity index (χ1) is 16.3. The van der Waals surface area contributed by atoms with Crippen molar-refractivity contribution in [3.8, 4) is 16.9 Å². The number of carbonyl (C=O) groups is 2. The molecule has 5 nitrogen and oxygen atoms in total. The van der Waals surface area contributed by atoms with Crippen LogP contribution in [-0.4, -0.2) is 28.1 Å². The summed E-state index contributed by atoms with van der Waals surface area (Å²) in [5.41, 5.74) is -0.160. The molecule has 0 bridgehead atoms. The van der Waals surface area contributed by atoms with Gasteiger partial charge in [-0.15, -0.1) is 0 Å². The summed E-state index contributed by atoms with van der Waals surface area (Å²) in [7, 11) is 0. The molecule has 0 aliphatic carbocycles. The molecule has 3 aromatic carbocycles. The third kappa shape index (κ3) is 4.47. The minimum Gasteiger partial charge on any atom is -0.461 e. The number of hydrogen-bond acceptors (Lipinski definition) is 4. The Morgan fingerprint density at radius 2 is 1.56 bits per heavy atom. The van der Waals surface area contributed by atoms with Crippen LogP contribution in [-0.2, 0) is 10.9 Å². The van der Waals surface area contributed by atoms with Gasteiger partial charge >= 0.3 is 12.1 Å². The van der Waals surface area contributed by atoms with Gasteiger partial charge in [0, 0.05) is 11.1 Å². The van der Waals surface area contributed by atoms with E-state index in [0.29, 0.717) is 11.1 Å².